The zero-order valence-corrected chi connectivity index (χ0v) is 9.43. The minimum Gasteiger partial charge on any atom is -0.476 e. The Kier molecular flexibility index (Phi) is 2.43. The van der Waals surface area contributed by atoms with Gasteiger partial charge in [-0.2, -0.15) is 10.2 Å². The molecule has 2 rings (SSSR count). The Balaban J connectivity index is 2.53. The molecule has 2 aromatic heterocycles. The van der Waals surface area contributed by atoms with Crippen LogP contribution in [-0.4, -0.2) is 30.6 Å². The second kappa shape index (κ2) is 3.64. The van der Waals surface area contributed by atoms with E-state index in [1.165, 1.54) is 15.6 Å². The van der Waals surface area contributed by atoms with E-state index in [-0.39, 0.29) is 5.69 Å². The molecule has 0 aliphatic rings. The summed E-state index contributed by atoms with van der Waals surface area (Å²) in [4.78, 5) is 10.8. The van der Waals surface area contributed by atoms with Gasteiger partial charge in [-0.25, -0.2) is 9.48 Å². The zero-order chi connectivity index (χ0) is 11.9. The first-order valence-electron chi connectivity index (χ1n) is 4.48. The summed E-state index contributed by atoms with van der Waals surface area (Å²) in [5, 5.41) is 17.2. The molecular formula is C9H9ClN4O2. The summed E-state index contributed by atoms with van der Waals surface area (Å²) in [6.45, 7) is 1.68. The average Bonchev–Trinajstić information content (AvgIpc) is 2.73. The Labute approximate surface area is 96.1 Å². The summed E-state index contributed by atoms with van der Waals surface area (Å²) >= 11 is 5.98. The Morgan fingerprint density at radius 2 is 2.25 bits per heavy atom. The molecule has 0 aromatic carbocycles. The molecule has 7 heteroatoms. The van der Waals surface area contributed by atoms with Crippen molar-refractivity contribution in [2.24, 2.45) is 7.05 Å². The number of hydrogen-bond acceptors (Lipinski definition) is 3. The molecular weight excluding hydrogens is 232 g/mol. The van der Waals surface area contributed by atoms with E-state index < -0.39 is 5.97 Å². The molecule has 0 bridgehead atoms. The zero-order valence-electron chi connectivity index (χ0n) is 8.68. The average molecular weight is 241 g/mol. The van der Waals surface area contributed by atoms with Crippen LogP contribution in [0.25, 0.3) is 5.69 Å². The second-order valence-corrected chi connectivity index (χ2v) is 3.71. The third kappa shape index (κ3) is 1.57. The third-order valence-electron chi connectivity index (χ3n) is 2.20. The largest absolute Gasteiger partial charge is 0.476 e. The third-order valence-corrected chi connectivity index (χ3v) is 2.63. The van der Waals surface area contributed by atoms with E-state index >= 15 is 0 Å². The van der Waals surface area contributed by atoms with Crippen molar-refractivity contribution >= 4 is 17.6 Å². The Bertz CT molecular complexity index is 558. The maximum atomic E-state index is 10.8. The van der Waals surface area contributed by atoms with Crippen molar-refractivity contribution in [3.8, 4) is 5.69 Å². The van der Waals surface area contributed by atoms with E-state index in [1.54, 1.807) is 20.2 Å². The van der Waals surface area contributed by atoms with E-state index in [4.69, 9.17) is 16.7 Å². The highest BCUT2D eigenvalue weighted by atomic mass is 35.5. The van der Waals surface area contributed by atoms with E-state index in [2.05, 4.69) is 10.2 Å². The lowest BCUT2D eigenvalue weighted by Gasteiger charge is -1.97. The molecule has 0 aliphatic heterocycles. The van der Waals surface area contributed by atoms with Crippen LogP contribution in [0.1, 0.15) is 16.1 Å². The fourth-order valence-electron chi connectivity index (χ4n) is 1.36. The fourth-order valence-corrected chi connectivity index (χ4v) is 1.54. The van der Waals surface area contributed by atoms with Crippen molar-refractivity contribution < 1.29 is 9.90 Å². The van der Waals surface area contributed by atoms with Crippen LogP contribution in [0.3, 0.4) is 0 Å². The van der Waals surface area contributed by atoms with Crippen molar-refractivity contribution in [3.05, 3.63) is 28.8 Å². The van der Waals surface area contributed by atoms with Gasteiger partial charge in [0.2, 0.25) is 0 Å². The van der Waals surface area contributed by atoms with Crippen LogP contribution < -0.4 is 0 Å². The van der Waals surface area contributed by atoms with Crippen LogP contribution in [0.15, 0.2) is 12.4 Å². The number of aryl methyl sites for hydroxylation is 2. The van der Waals surface area contributed by atoms with Crippen molar-refractivity contribution in [2.45, 2.75) is 6.92 Å². The topological polar surface area (TPSA) is 72.9 Å². The van der Waals surface area contributed by atoms with Crippen LogP contribution in [0.4, 0.5) is 0 Å². The molecule has 0 spiro atoms. The lowest BCUT2D eigenvalue weighted by Crippen LogP contribution is -2.01. The molecule has 0 fully saturated rings. The summed E-state index contributed by atoms with van der Waals surface area (Å²) in [5.74, 6) is -1.06. The lowest BCUT2D eigenvalue weighted by molar-refractivity contribution is 0.0689. The molecule has 2 aromatic rings. The Morgan fingerprint density at radius 1 is 1.56 bits per heavy atom. The number of aromatic nitrogens is 4. The molecule has 0 saturated heterocycles. The van der Waals surface area contributed by atoms with Crippen LogP contribution in [0, 0.1) is 6.92 Å². The molecule has 0 atom stereocenters. The van der Waals surface area contributed by atoms with Crippen molar-refractivity contribution in [1.29, 1.82) is 0 Å². The first kappa shape index (κ1) is 10.7. The number of rotatable bonds is 2. The minimum absolute atomic E-state index is 0.0138. The van der Waals surface area contributed by atoms with Gasteiger partial charge in [0.15, 0.2) is 10.8 Å². The summed E-state index contributed by atoms with van der Waals surface area (Å²) < 4.78 is 2.89. The van der Waals surface area contributed by atoms with Crippen LogP contribution in [0.2, 0.25) is 5.15 Å². The first-order chi connectivity index (χ1) is 7.50. The SMILES string of the molecule is Cc1cn(-c2cnn(C)c2Cl)nc1C(=O)O. The van der Waals surface area contributed by atoms with Crippen LogP contribution in [0.5, 0.6) is 0 Å². The molecule has 6 nitrogen and oxygen atoms in total. The van der Waals surface area contributed by atoms with Gasteiger partial charge in [-0.1, -0.05) is 11.6 Å². The number of carboxylic acid groups (broad SMARTS) is 1. The first-order valence-corrected chi connectivity index (χ1v) is 4.86. The van der Waals surface area contributed by atoms with Gasteiger partial charge in [0.25, 0.3) is 0 Å². The molecule has 2 heterocycles. The number of aromatic carboxylic acids is 1. The number of carboxylic acids is 1. The smallest absolute Gasteiger partial charge is 0.356 e. The molecule has 0 unspecified atom stereocenters. The molecule has 0 saturated carbocycles. The Morgan fingerprint density at radius 3 is 2.69 bits per heavy atom. The van der Waals surface area contributed by atoms with E-state index in [1.807, 2.05) is 0 Å². The number of halogens is 1. The normalized spacial score (nSPS) is 10.7. The summed E-state index contributed by atoms with van der Waals surface area (Å²) in [6.07, 6.45) is 3.13. The molecule has 16 heavy (non-hydrogen) atoms. The predicted molar refractivity (Wildman–Crippen MR) is 57.0 cm³/mol. The number of carbonyl (C=O) groups is 1. The second-order valence-electron chi connectivity index (χ2n) is 3.35. The minimum atomic E-state index is -1.06. The predicted octanol–water partition coefficient (Wildman–Crippen LogP) is 1.27. The fraction of sp³-hybridized carbons (Fsp3) is 0.222. The maximum Gasteiger partial charge on any atom is 0.356 e. The highest BCUT2D eigenvalue weighted by Gasteiger charge is 2.15. The number of hydrogen-bond donors (Lipinski definition) is 1. The van der Waals surface area contributed by atoms with Gasteiger partial charge in [0.1, 0.15) is 5.69 Å². The maximum absolute atomic E-state index is 10.8. The van der Waals surface area contributed by atoms with Gasteiger partial charge in [0, 0.05) is 18.8 Å². The molecule has 0 radical (unpaired) electrons. The lowest BCUT2D eigenvalue weighted by atomic mass is 10.3. The number of nitrogens with zero attached hydrogens (tertiary/aromatic N) is 4. The standard InChI is InChI=1S/C9H9ClN4O2/c1-5-4-14(12-7(5)9(15)16)6-3-11-13(2)8(6)10/h3-4H,1-2H3,(H,15,16). The van der Waals surface area contributed by atoms with E-state index in [9.17, 15) is 4.79 Å². The highest BCUT2D eigenvalue weighted by Crippen LogP contribution is 2.19. The molecule has 0 amide bonds. The highest BCUT2D eigenvalue weighted by molar-refractivity contribution is 6.31. The van der Waals surface area contributed by atoms with Crippen molar-refractivity contribution in [3.63, 3.8) is 0 Å². The molecule has 1 N–H and O–H groups in total. The van der Waals surface area contributed by atoms with Gasteiger partial charge in [0.05, 0.1) is 6.20 Å². The van der Waals surface area contributed by atoms with Crippen molar-refractivity contribution in [2.75, 3.05) is 0 Å². The Hall–Kier alpha value is -1.82. The molecule has 84 valence electrons. The van der Waals surface area contributed by atoms with E-state index in [0.717, 1.165) is 0 Å². The van der Waals surface area contributed by atoms with Crippen LogP contribution in [-0.2, 0) is 7.05 Å². The van der Waals surface area contributed by atoms with Gasteiger partial charge >= 0.3 is 5.97 Å². The monoisotopic (exact) mass is 240 g/mol. The molecule has 0 aliphatic carbocycles. The van der Waals surface area contributed by atoms with Gasteiger partial charge in [-0.15, -0.1) is 0 Å². The summed E-state index contributed by atoms with van der Waals surface area (Å²) in [6, 6.07) is 0. The van der Waals surface area contributed by atoms with Gasteiger partial charge in [-0.05, 0) is 6.92 Å². The quantitative estimate of drug-likeness (QED) is 0.858. The van der Waals surface area contributed by atoms with E-state index in [0.29, 0.717) is 16.4 Å². The van der Waals surface area contributed by atoms with Crippen molar-refractivity contribution in [1.82, 2.24) is 19.6 Å². The summed E-state index contributed by atoms with van der Waals surface area (Å²) in [7, 11) is 1.69. The van der Waals surface area contributed by atoms with Gasteiger partial charge in [-0.3, -0.25) is 4.68 Å². The van der Waals surface area contributed by atoms with Gasteiger partial charge < -0.3 is 5.11 Å². The van der Waals surface area contributed by atoms with Crippen LogP contribution >= 0.6 is 11.6 Å². The summed E-state index contributed by atoms with van der Waals surface area (Å²) in [5.41, 5.74) is 1.15.